The van der Waals surface area contributed by atoms with Crippen molar-refractivity contribution in [2.75, 3.05) is 5.32 Å². The number of fused-ring (bicyclic) bond motifs is 1. The van der Waals surface area contributed by atoms with E-state index >= 15 is 0 Å². The molecule has 0 radical (unpaired) electrons. The first-order valence-corrected chi connectivity index (χ1v) is 7.68. The molecule has 3 aromatic rings. The van der Waals surface area contributed by atoms with Gasteiger partial charge in [-0.1, -0.05) is 42.8 Å². The van der Waals surface area contributed by atoms with Crippen molar-refractivity contribution < 1.29 is 9.59 Å². The summed E-state index contributed by atoms with van der Waals surface area (Å²) in [4.78, 5) is 27.7. The molecule has 0 bridgehead atoms. The summed E-state index contributed by atoms with van der Waals surface area (Å²) < 4.78 is 0. The van der Waals surface area contributed by atoms with Crippen LogP contribution < -0.4 is 5.32 Å². The summed E-state index contributed by atoms with van der Waals surface area (Å²) in [6.45, 7) is 2.00. The average molecular weight is 327 g/mol. The summed E-state index contributed by atoms with van der Waals surface area (Å²) in [5, 5.41) is 3.95. The number of ketones is 1. The number of anilines is 1. The first-order chi connectivity index (χ1) is 11.1. The topological polar surface area (TPSA) is 62.0 Å². The first kappa shape index (κ1) is 15.3. The zero-order valence-electron chi connectivity index (χ0n) is 12.5. The van der Waals surface area contributed by atoms with Crippen molar-refractivity contribution >= 4 is 39.9 Å². The van der Waals surface area contributed by atoms with Gasteiger partial charge in [-0.15, -0.1) is 0 Å². The highest BCUT2D eigenvalue weighted by Crippen LogP contribution is 2.23. The predicted molar refractivity (Wildman–Crippen MR) is 92.1 cm³/mol. The van der Waals surface area contributed by atoms with Gasteiger partial charge in [0.25, 0.3) is 11.7 Å². The van der Waals surface area contributed by atoms with E-state index in [1.165, 1.54) is 6.20 Å². The van der Waals surface area contributed by atoms with Crippen LogP contribution in [0, 0.1) is 0 Å². The molecule has 23 heavy (non-hydrogen) atoms. The Balaban J connectivity index is 1.88. The van der Waals surface area contributed by atoms with E-state index in [4.69, 9.17) is 11.6 Å². The number of rotatable bonds is 4. The van der Waals surface area contributed by atoms with Gasteiger partial charge in [0.05, 0.1) is 5.56 Å². The van der Waals surface area contributed by atoms with Crippen LogP contribution in [0.3, 0.4) is 0 Å². The van der Waals surface area contributed by atoms with Crippen LogP contribution in [0.5, 0.6) is 0 Å². The van der Waals surface area contributed by atoms with Crippen LogP contribution in [0.1, 0.15) is 22.8 Å². The highest BCUT2D eigenvalue weighted by molar-refractivity contribution is 6.48. The number of carbonyl (C=O) groups is 2. The van der Waals surface area contributed by atoms with Crippen LogP contribution >= 0.6 is 11.6 Å². The summed E-state index contributed by atoms with van der Waals surface area (Å²) >= 11 is 5.93. The summed E-state index contributed by atoms with van der Waals surface area (Å²) in [5.41, 5.74) is 2.71. The molecule has 0 saturated carbocycles. The second kappa shape index (κ2) is 6.26. The number of aromatic amines is 1. The first-order valence-electron chi connectivity index (χ1n) is 7.30. The van der Waals surface area contributed by atoms with Crippen molar-refractivity contribution in [3.63, 3.8) is 0 Å². The maximum atomic E-state index is 12.4. The Bertz CT molecular complexity index is 899. The maximum absolute atomic E-state index is 12.4. The second-order valence-electron chi connectivity index (χ2n) is 5.19. The molecule has 4 nitrogen and oxygen atoms in total. The minimum atomic E-state index is -0.651. The fraction of sp³-hybridized carbons (Fsp3) is 0.111. The number of para-hydroxylation sites is 1. The normalized spacial score (nSPS) is 10.7. The number of H-pyrrole nitrogens is 1. The van der Waals surface area contributed by atoms with Crippen LogP contribution in [-0.4, -0.2) is 16.7 Å². The number of halogens is 1. The SMILES string of the molecule is CCc1ccccc1NC(=O)C(=O)c1c[nH]c2cc(Cl)ccc12. The van der Waals surface area contributed by atoms with Gasteiger partial charge in [0.1, 0.15) is 0 Å². The third-order valence-corrected chi connectivity index (χ3v) is 3.98. The molecule has 1 heterocycles. The zero-order chi connectivity index (χ0) is 16.4. The molecule has 0 saturated heterocycles. The molecular weight excluding hydrogens is 312 g/mol. The van der Waals surface area contributed by atoms with Gasteiger partial charge in [-0.3, -0.25) is 9.59 Å². The Morgan fingerprint density at radius 3 is 2.74 bits per heavy atom. The van der Waals surface area contributed by atoms with E-state index in [1.807, 2.05) is 25.1 Å². The van der Waals surface area contributed by atoms with Crippen LogP contribution in [0.4, 0.5) is 5.69 Å². The van der Waals surface area contributed by atoms with Gasteiger partial charge in [0.2, 0.25) is 0 Å². The Morgan fingerprint density at radius 2 is 1.96 bits per heavy atom. The fourth-order valence-electron chi connectivity index (χ4n) is 2.54. The lowest BCUT2D eigenvalue weighted by atomic mass is 10.1. The lowest BCUT2D eigenvalue weighted by molar-refractivity contribution is -0.112. The quantitative estimate of drug-likeness (QED) is 0.557. The van der Waals surface area contributed by atoms with E-state index in [9.17, 15) is 9.59 Å². The van der Waals surface area contributed by atoms with Crippen LogP contribution in [0.2, 0.25) is 5.02 Å². The number of hydrogen-bond acceptors (Lipinski definition) is 2. The minimum absolute atomic E-state index is 0.336. The van der Waals surface area contributed by atoms with E-state index in [2.05, 4.69) is 10.3 Å². The van der Waals surface area contributed by atoms with E-state index in [-0.39, 0.29) is 0 Å². The van der Waals surface area contributed by atoms with Gasteiger partial charge in [-0.05, 0) is 30.2 Å². The summed E-state index contributed by atoms with van der Waals surface area (Å²) in [7, 11) is 0. The summed E-state index contributed by atoms with van der Waals surface area (Å²) in [5.74, 6) is -1.23. The molecule has 1 aromatic heterocycles. The monoisotopic (exact) mass is 326 g/mol. The lowest BCUT2D eigenvalue weighted by Gasteiger charge is -2.08. The largest absolute Gasteiger partial charge is 0.360 e. The third-order valence-electron chi connectivity index (χ3n) is 3.74. The van der Waals surface area contributed by atoms with Crippen molar-refractivity contribution in [2.24, 2.45) is 0 Å². The number of benzene rings is 2. The molecule has 0 atom stereocenters. The van der Waals surface area contributed by atoms with E-state index in [0.717, 1.165) is 17.5 Å². The molecule has 2 N–H and O–H groups in total. The van der Waals surface area contributed by atoms with Crippen molar-refractivity contribution in [1.82, 2.24) is 4.98 Å². The Morgan fingerprint density at radius 1 is 1.17 bits per heavy atom. The van der Waals surface area contributed by atoms with Gasteiger partial charge in [-0.25, -0.2) is 0 Å². The number of hydrogen-bond donors (Lipinski definition) is 2. The van der Waals surface area contributed by atoms with Gasteiger partial charge in [0, 0.05) is 27.8 Å². The van der Waals surface area contributed by atoms with Crippen molar-refractivity contribution in [3.05, 3.63) is 64.8 Å². The fourth-order valence-corrected chi connectivity index (χ4v) is 2.71. The standard InChI is InChI=1S/C18H15ClN2O2/c1-2-11-5-3-4-6-15(11)21-18(23)17(22)14-10-20-16-9-12(19)7-8-13(14)16/h3-10,20H,2H2,1H3,(H,21,23). The second-order valence-corrected chi connectivity index (χ2v) is 5.62. The Hall–Kier alpha value is -2.59. The molecular formula is C18H15ClN2O2. The molecule has 0 aliphatic heterocycles. The van der Waals surface area contributed by atoms with Crippen molar-refractivity contribution in [2.45, 2.75) is 13.3 Å². The number of nitrogens with one attached hydrogen (secondary N) is 2. The third kappa shape index (κ3) is 2.98. The molecule has 0 fully saturated rings. The van der Waals surface area contributed by atoms with Crippen LogP contribution in [0.15, 0.2) is 48.7 Å². The van der Waals surface area contributed by atoms with E-state index in [0.29, 0.717) is 21.7 Å². The number of aryl methyl sites for hydroxylation is 1. The summed E-state index contributed by atoms with van der Waals surface area (Å²) in [6, 6.07) is 12.6. The molecule has 0 unspecified atom stereocenters. The highest BCUT2D eigenvalue weighted by atomic mass is 35.5. The molecule has 3 rings (SSSR count). The van der Waals surface area contributed by atoms with Gasteiger partial charge >= 0.3 is 0 Å². The van der Waals surface area contributed by atoms with Gasteiger partial charge in [-0.2, -0.15) is 0 Å². The van der Waals surface area contributed by atoms with Gasteiger partial charge in [0.15, 0.2) is 0 Å². The van der Waals surface area contributed by atoms with Crippen LogP contribution in [0.25, 0.3) is 10.9 Å². The summed E-state index contributed by atoms with van der Waals surface area (Å²) in [6.07, 6.45) is 2.31. The Kier molecular flexibility index (Phi) is 4.17. The smallest absolute Gasteiger partial charge is 0.296 e. The van der Waals surface area contributed by atoms with E-state index < -0.39 is 11.7 Å². The van der Waals surface area contributed by atoms with Gasteiger partial charge < -0.3 is 10.3 Å². The lowest BCUT2D eigenvalue weighted by Crippen LogP contribution is -2.23. The molecule has 1 amide bonds. The number of aromatic nitrogens is 1. The van der Waals surface area contributed by atoms with Crippen LogP contribution in [-0.2, 0) is 11.2 Å². The average Bonchev–Trinajstić information content (AvgIpc) is 2.97. The number of amides is 1. The Labute approximate surface area is 138 Å². The minimum Gasteiger partial charge on any atom is -0.360 e. The number of carbonyl (C=O) groups excluding carboxylic acids is 2. The maximum Gasteiger partial charge on any atom is 0.296 e. The molecule has 2 aromatic carbocycles. The molecule has 5 heteroatoms. The number of Topliss-reactive ketones (excluding diaryl/α,β-unsaturated/α-hetero) is 1. The molecule has 116 valence electrons. The zero-order valence-corrected chi connectivity index (χ0v) is 13.3. The van der Waals surface area contributed by atoms with Crippen molar-refractivity contribution in [3.8, 4) is 0 Å². The van der Waals surface area contributed by atoms with Crippen molar-refractivity contribution in [1.29, 1.82) is 0 Å². The molecule has 0 aliphatic carbocycles. The molecule has 0 spiro atoms. The van der Waals surface area contributed by atoms with E-state index in [1.54, 1.807) is 24.3 Å². The highest BCUT2D eigenvalue weighted by Gasteiger charge is 2.20. The predicted octanol–water partition coefficient (Wildman–Crippen LogP) is 4.21. The molecule has 0 aliphatic rings.